The molecule has 0 spiro atoms. The average molecular weight is 490 g/mol. The molecular weight excluding hydrogens is 466 g/mol. The third-order valence-electron chi connectivity index (χ3n) is 7.36. The van der Waals surface area contributed by atoms with Gasteiger partial charge in [-0.05, 0) is 54.4 Å². The Balaban J connectivity index is 1.37. The second-order valence-electron chi connectivity index (χ2n) is 9.48. The Bertz CT molecular complexity index is 1590. The number of hydrogen-bond donors (Lipinski definition) is 1. The van der Waals surface area contributed by atoms with Crippen LogP contribution in [0.4, 0.5) is 5.69 Å². The van der Waals surface area contributed by atoms with Gasteiger partial charge in [-0.2, -0.15) is 0 Å². The number of benzene rings is 4. The van der Waals surface area contributed by atoms with Gasteiger partial charge in [-0.25, -0.2) is 4.98 Å². The highest BCUT2D eigenvalue weighted by molar-refractivity contribution is 5.75. The van der Waals surface area contributed by atoms with Gasteiger partial charge in [0, 0.05) is 12.2 Å². The highest BCUT2D eigenvalue weighted by Gasteiger charge is 2.64. The van der Waals surface area contributed by atoms with E-state index in [1.54, 1.807) is 0 Å². The molecule has 0 aliphatic carbocycles. The third-order valence-corrected chi connectivity index (χ3v) is 7.36. The molecule has 7 heteroatoms. The van der Waals surface area contributed by atoms with E-state index in [0.717, 1.165) is 23.1 Å². The second kappa shape index (κ2) is 7.67. The summed E-state index contributed by atoms with van der Waals surface area (Å²) in [6.07, 6.45) is -0.655. The molecule has 0 amide bonds. The first-order chi connectivity index (χ1) is 18.3. The fraction of sp³-hybridized carbons (Fsp3) is 0.167. The van der Waals surface area contributed by atoms with Crippen LogP contribution in [0.1, 0.15) is 17.5 Å². The molecule has 0 fully saturated rings. The van der Waals surface area contributed by atoms with Gasteiger partial charge in [0.1, 0.15) is 0 Å². The number of ether oxygens (including phenoxy) is 4. The van der Waals surface area contributed by atoms with Gasteiger partial charge in [0.05, 0.1) is 11.0 Å². The Kier molecular flexibility index (Phi) is 4.26. The molecule has 8 rings (SSSR count). The average Bonchev–Trinajstić information content (AvgIpc) is 3.68. The molecule has 2 atom stereocenters. The molecule has 7 nitrogen and oxygen atoms in total. The Morgan fingerprint density at radius 1 is 0.730 bits per heavy atom. The number of rotatable bonds is 3. The second-order valence-corrected chi connectivity index (χ2v) is 9.48. The molecular formula is C30H23N3O4. The van der Waals surface area contributed by atoms with Crippen LogP contribution in [0.25, 0.3) is 11.0 Å². The highest BCUT2D eigenvalue weighted by Crippen LogP contribution is 2.53. The summed E-state index contributed by atoms with van der Waals surface area (Å²) in [7, 11) is 0. The largest absolute Gasteiger partial charge is 0.472 e. The first-order valence-corrected chi connectivity index (χ1v) is 12.5. The Morgan fingerprint density at radius 3 is 2.16 bits per heavy atom. The zero-order chi connectivity index (χ0) is 24.4. The van der Waals surface area contributed by atoms with Crippen molar-refractivity contribution in [1.82, 2.24) is 9.97 Å². The molecule has 2 unspecified atom stereocenters. The summed E-state index contributed by atoms with van der Waals surface area (Å²) in [4.78, 5) is 10.7. The van der Waals surface area contributed by atoms with Crippen molar-refractivity contribution in [3.63, 3.8) is 0 Å². The maximum absolute atomic E-state index is 7.03. The predicted molar refractivity (Wildman–Crippen MR) is 138 cm³/mol. The fourth-order valence-electron chi connectivity index (χ4n) is 5.69. The van der Waals surface area contributed by atoms with Crippen LogP contribution in [0.15, 0.2) is 97.1 Å². The minimum Gasteiger partial charge on any atom is -0.472 e. The normalized spacial score (nSPS) is 21.8. The van der Waals surface area contributed by atoms with Crippen LogP contribution in [-0.4, -0.2) is 28.5 Å². The van der Waals surface area contributed by atoms with E-state index in [-0.39, 0.29) is 0 Å². The summed E-state index contributed by atoms with van der Waals surface area (Å²) in [5.74, 6) is 3.26. The number of imidazole rings is 1. The third kappa shape index (κ3) is 2.97. The number of para-hydroxylation sites is 7. The molecule has 0 bridgehead atoms. The lowest BCUT2D eigenvalue weighted by Crippen LogP contribution is -2.69. The van der Waals surface area contributed by atoms with Gasteiger partial charge in [0.25, 0.3) is 0 Å². The van der Waals surface area contributed by atoms with Crippen molar-refractivity contribution >= 4 is 16.7 Å². The minimum absolute atomic E-state index is 0.627. The number of anilines is 1. The van der Waals surface area contributed by atoms with Crippen molar-refractivity contribution in [1.29, 1.82) is 0 Å². The van der Waals surface area contributed by atoms with Crippen molar-refractivity contribution < 1.29 is 18.9 Å². The van der Waals surface area contributed by atoms with Crippen molar-refractivity contribution in [2.45, 2.75) is 24.5 Å². The number of fused-ring (bicyclic) bond motifs is 4. The first kappa shape index (κ1) is 20.5. The minimum atomic E-state index is -1.23. The molecule has 4 heterocycles. The molecule has 4 aromatic carbocycles. The van der Waals surface area contributed by atoms with Gasteiger partial charge in [-0.1, -0.05) is 54.6 Å². The Morgan fingerprint density at radius 2 is 1.38 bits per heavy atom. The molecule has 1 N–H and O–H groups in total. The van der Waals surface area contributed by atoms with Gasteiger partial charge in [-0.15, -0.1) is 0 Å². The van der Waals surface area contributed by atoms with Crippen LogP contribution in [0.5, 0.6) is 23.0 Å². The number of nitrogens with zero attached hydrogens (tertiary/aromatic N) is 2. The van der Waals surface area contributed by atoms with Gasteiger partial charge < -0.3 is 28.8 Å². The van der Waals surface area contributed by atoms with Gasteiger partial charge in [0.2, 0.25) is 6.10 Å². The standard InChI is InChI=1S/C30H23N3O4/c1-4-12-22-19(9-1)17-18-33(22)30(29-35-23-13-5-6-14-24(23)36-29)27(34-25-15-7-8-16-26(25)37-30)28-31-20-10-2-3-11-21(20)32-28/h1-16,27,29H,17-18H2,(H,31,32). The monoisotopic (exact) mass is 489 g/mol. The van der Waals surface area contributed by atoms with Crippen molar-refractivity contribution in [2.24, 2.45) is 0 Å². The summed E-state index contributed by atoms with van der Waals surface area (Å²) in [5.41, 5.74) is 2.85. The molecule has 3 aliphatic heterocycles. The SMILES string of the molecule is c1ccc2c(c1)CCN2C1(C2Oc3ccccc3O2)Oc2ccccc2OC1c1nc2ccccc2[nH]1. The van der Waals surface area contributed by atoms with Crippen LogP contribution in [-0.2, 0) is 6.42 Å². The maximum Gasteiger partial charge on any atom is 0.305 e. The summed E-state index contributed by atoms with van der Waals surface area (Å²) in [6, 6.07) is 31.8. The van der Waals surface area contributed by atoms with Gasteiger partial charge >= 0.3 is 12.0 Å². The smallest absolute Gasteiger partial charge is 0.305 e. The maximum atomic E-state index is 7.03. The predicted octanol–water partition coefficient (Wildman–Crippen LogP) is 5.63. The molecule has 0 radical (unpaired) electrons. The van der Waals surface area contributed by atoms with Crippen molar-refractivity contribution in [3.8, 4) is 23.0 Å². The molecule has 0 saturated carbocycles. The summed E-state index contributed by atoms with van der Waals surface area (Å²) in [5, 5.41) is 0. The van der Waals surface area contributed by atoms with Crippen LogP contribution in [0.3, 0.4) is 0 Å². The lowest BCUT2D eigenvalue weighted by molar-refractivity contribution is -0.182. The fourth-order valence-corrected chi connectivity index (χ4v) is 5.69. The van der Waals surface area contributed by atoms with E-state index in [2.05, 4.69) is 28.1 Å². The highest BCUT2D eigenvalue weighted by atomic mass is 16.7. The van der Waals surface area contributed by atoms with E-state index >= 15 is 0 Å². The molecule has 182 valence electrons. The molecule has 37 heavy (non-hydrogen) atoms. The van der Waals surface area contributed by atoms with Gasteiger partial charge in [-0.3, -0.25) is 0 Å². The number of H-pyrrole nitrogens is 1. The van der Waals surface area contributed by atoms with Gasteiger partial charge in [0.15, 0.2) is 28.8 Å². The molecule has 0 saturated heterocycles. The number of nitrogens with one attached hydrogen (secondary N) is 1. The van der Waals surface area contributed by atoms with E-state index in [1.807, 2.05) is 78.9 Å². The number of hydrogen-bond acceptors (Lipinski definition) is 6. The van der Waals surface area contributed by atoms with E-state index in [4.69, 9.17) is 23.9 Å². The zero-order valence-corrected chi connectivity index (χ0v) is 19.8. The molecule has 3 aliphatic rings. The topological polar surface area (TPSA) is 68.8 Å². The zero-order valence-electron chi connectivity index (χ0n) is 19.8. The van der Waals surface area contributed by atoms with E-state index in [1.165, 1.54) is 5.56 Å². The summed E-state index contributed by atoms with van der Waals surface area (Å²) in [6.45, 7) is 0.709. The Hall–Kier alpha value is -4.65. The van der Waals surface area contributed by atoms with Crippen molar-refractivity contribution in [2.75, 3.05) is 11.4 Å². The van der Waals surface area contributed by atoms with E-state index < -0.39 is 18.1 Å². The van der Waals surface area contributed by atoms with E-state index in [0.29, 0.717) is 35.4 Å². The van der Waals surface area contributed by atoms with Crippen LogP contribution >= 0.6 is 0 Å². The lowest BCUT2D eigenvalue weighted by Gasteiger charge is -2.50. The first-order valence-electron chi connectivity index (χ1n) is 12.5. The summed E-state index contributed by atoms with van der Waals surface area (Å²) < 4.78 is 26.8. The molecule has 5 aromatic rings. The van der Waals surface area contributed by atoms with Crippen LogP contribution < -0.4 is 23.8 Å². The quantitative estimate of drug-likeness (QED) is 0.354. The van der Waals surface area contributed by atoms with E-state index in [9.17, 15) is 0 Å². The Labute approximate surface area is 213 Å². The van der Waals surface area contributed by atoms with Crippen LogP contribution in [0.2, 0.25) is 0 Å². The summed E-state index contributed by atoms with van der Waals surface area (Å²) >= 11 is 0. The lowest BCUT2D eigenvalue weighted by atomic mass is 9.99. The van der Waals surface area contributed by atoms with Crippen molar-refractivity contribution in [3.05, 3.63) is 108 Å². The number of aromatic amines is 1. The molecule has 1 aromatic heterocycles. The van der Waals surface area contributed by atoms with Crippen LogP contribution in [0, 0.1) is 0 Å². The number of aromatic nitrogens is 2.